The molecule has 0 spiro atoms. The van der Waals surface area contributed by atoms with E-state index in [9.17, 15) is 14.4 Å². The van der Waals surface area contributed by atoms with E-state index in [2.05, 4.69) is 29.4 Å². The number of benzene rings is 1. The number of likely N-dealkylation sites (N-methyl/N-ethyl adjacent to an activating group) is 1. The van der Waals surface area contributed by atoms with E-state index in [1.165, 1.54) is 30.4 Å². The molecule has 176 valence electrons. The minimum Gasteiger partial charge on any atom is -0.460 e. The number of hydrogen-bond acceptors (Lipinski definition) is 5. The van der Waals surface area contributed by atoms with Gasteiger partial charge < -0.3 is 9.64 Å². The van der Waals surface area contributed by atoms with Gasteiger partial charge in [-0.2, -0.15) is 0 Å². The molecule has 0 bridgehead atoms. The fraction of sp³-hybridized carbons (Fsp3) is 0.654. The van der Waals surface area contributed by atoms with Gasteiger partial charge in [0.05, 0.1) is 11.8 Å². The van der Waals surface area contributed by atoms with Gasteiger partial charge in [0.1, 0.15) is 5.60 Å². The van der Waals surface area contributed by atoms with Gasteiger partial charge in [0.25, 0.3) is 0 Å². The third-order valence-electron chi connectivity index (χ3n) is 6.42. The van der Waals surface area contributed by atoms with Crippen molar-refractivity contribution in [3.8, 4) is 0 Å². The van der Waals surface area contributed by atoms with Crippen molar-refractivity contribution in [1.29, 1.82) is 0 Å². The number of nitrogens with one attached hydrogen (secondary N) is 1. The molecule has 0 radical (unpaired) electrons. The van der Waals surface area contributed by atoms with E-state index in [0.29, 0.717) is 12.8 Å². The summed E-state index contributed by atoms with van der Waals surface area (Å²) in [6.07, 6.45) is 7.80. The molecular formula is C26H38N2O4. The quantitative estimate of drug-likeness (QED) is 0.551. The molecular weight excluding hydrogens is 404 g/mol. The number of rotatable bonds is 2. The molecule has 2 aliphatic heterocycles. The average molecular weight is 443 g/mol. The van der Waals surface area contributed by atoms with Crippen LogP contribution >= 0.6 is 0 Å². The SMILES string of the molecule is CC(C)(C)OC(=O)C1CCCCC1.CN1CCc2cc(C3CCC(=O)NC3=O)ccc2C1. The van der Waals surface area contributed by atoms with Crippen molar-refractivity contribution in [2.45, 2.75) is 90.2 Å². The number of carbonyl (C=O) groups is 3. The topological polar surface area (TPSA) is 75.7 Å². The van der Waals surface area contributed by atoms with E-state index >= 15 is 0 Å². The van der Waals surface area contributed by atoms with Crippen molar-refractivity contribution in [2.24, 2.45) is 5.92 Å². The highest BCUT2D eigenvalue weighted by Crippen LogP contribution is 2.29. The van der Waals surface area contributed by atoms with Gasteiger partial charge in [-0.1, -0.05) is 37.5 Å². The lowest BCUT2D eigenvalue weighted by atomic mass is 9.87. The number of carbonyl (C=O) groups excluding carboxylic acids is 3. The van der Waals surface area contributed by atoms with Crippen molar-refractivity contribution in [1.82, 2.24) is 10.2 Å². The van der Waals surface area contributed by atoms with Crippen molar-refractivity contribution < 1.29 is 19.1 Å². The van der Waals surface area contributed by atoms with E-state index < -0.39 is 0 Å². The molecule has 3 aliphatic rings. The summed E-state index contributed by atoms with van der Waals surface area (Å²) in [6.45, 7) is 7.81. The number of imide groups is 1. The molecule has 6 heteroatoms. The Bertz CT molecular complexity index is 837. The Morgan fingerprint density at radius 2 is 1.75 bits per heavy atom. The molecule has 1 unspecified atom stereocenters. The Morgan fingerprint density at radius 3 is 2.41 bits per heavy atom. The normalized spacial score (nSPS) is 22.3. The molecule has 2 heterocycles. The summed E-state index contributed by atoms with van der Waals surface area (Å²) in [4.78, 5) is 37.0. The first kappa shape index (κ1) is 24.4. The zero-order chi connectivity index (χ0) is 23.3. The molecule has 2 amide bonds. The van der Waals surface area contributed by atoms with Crippen LogP contribution in [0.15, 0.2) is 18.2 Å². The van der Waals surface area contributed by atoms with Crippen LogP contribution < -0.4 is 5.32 Å². The molecule has 2 fully saturated rings. The van der Waals surface area contributed by atoms with Crippen LogP contribution in [0.3, 0.4) is 0 Å². The Kier molecular flexibility index (Phi) is 8.10. The summed E-state index contributed by atoms with van der Waals surface area (Å²) in [6, 6.07) is 6.32. The van der Waals surface area contributed by atoms with Crippen LogP contribution in [0.25, 0.3) is 0 Å². The Balaban J connectivity index is 0.000000195. The second kappa shape index (κ2) is 10.6. The number of amides is 2. The lowest BCUT2D eigenvalue weighted by Crippen LogP contribution is -2.39. The monoisotopic (exact) mass is 442 g/mol. The first-order valence-corrected chi connectivity index (χ1v) is 12.0. The largest absolute Gasteiger partial charge is 0.460 e. The summed E-state index contributed by atoms with van der Waals surface area (Å²) in [5, 5.41) is 2.43. The molecule has 1 N–H and O–H groups in total. The van der Waals surface area contributed by atoms with Crippen molar-refractivity contribution in [2.75, 3.05) is 13.6 Å². The average Bonchev–Trinajstić information content (AvgIpc) is 2.73. The number of hydrogen-bond donors (Lipinski definition) is 1. The third-order valence-corrected chi connectivity index (χ3v) is 6.42. The lowest BCUT2D eigenvalue weighted by Gasteiger charge is -2.27. The minimum atomic E-state index is -0.325. The number of esters is 1. The first-order chi connectivity index (χ1) is 15.1. The standard InChI is InChI=1S/C15H18N2O2.C11H20O2/c1-17-7-6-10-8-11(2-3-12(10)9-17)13-4-5-14(18)16-15(13)19;1-11(2,3)13-10(12)9-7-5-4-6-8-9/h2-3,8,13H,4-7,9H2,1H3,(H,16,18,19);9H,4-8H2,1-3H3. The van der Waals surface area contributed by atoms with Gasteiger partial charge in [-0.15, -0.1) is 0 Å². The van der Waals surface area contributed by atoms with E-state index in [1.54, 1.807) is 0 Å². The fourth-order valence-corrected chi connectivity index (χ4v) is 4.67. The van der Waals surface area contributed by atoms with Crippen LogP contribution in [0.2, 0.25) is 0 Å². The maximum absolute atomic E-state index is 11.9. The molecule has 1 aromatic rings. The van der Waals surface area contributed by atoms with E-state index in [1.807, 2.05) is 26.8 Å². The summed E-state index contributed by atoms with van der Waals surface area (Å²) in [7, 11) is 2.12. The van der Waals surface area contributed by atoms with Crippen LogP contribution in [-0.2, 0) is 32.1 Å². The van der Waals surface area contributed by atoms with Gasteiger partial charge in [-0.05, 0) is 70.2 Å². The molecule has 4 rings (SSSR count). The molecule has 1 saturated heterocycles. The van der Waals surface area contributed by atoms with Crippen molar-refractivity contribution >= 4 is 17.8 Å². The van der Waals surface area contributed by atoms with E-state index in [-0.39, 0.29) is 35.2 Å². The molecule has 32 heavy (non-hydrogen) atoms. The van der Waals surface area contributed by atoms with Crippen molar-refractivity contribution in [3.05, 3.63) is 34.9 Å². The maximum atomic E-state index is 11.9. The Morgan fingerprint density at radius 1 is 1.03 bits per heavy atom. The van der Waals surface area contributed by atoms with Gasteiger partial charge in [-0.25, -0.2) is 0 Å². The molecule has 1 saturated carbocycles. The number of ether oxygens (including phenoxy) is 1. The molecule has 0 aromatic heterocycles. The van der Waals surface area contributed by atoms with Crippen molar-refractivity contribution in [3.63, 3.8) is 0 Å². The van der Waals surface area contributed by atoms with Crippen LogP contribution in [0.4, 0.5) is 0 Å². The predicted octanol–water partition coefficient (Wildman–Crippen LogP) is 4.10. The second-order valence-electron chi connectivity index (χ2n) is 10.4. The molecule has 1 aliphatic carbocycles. The number of piperidine rings is 1. The number of fused-ring (bicyclic) bond motifs is 1. The Labute approximate surface area is 192 Å². The highest BCUT2D eigenvalue weighted by molar-refractivity contribution is 6.00. The number of nitrogens with zero attached hydrogens (tertiary/aromatic N) is 1. The lowest BCUT2D eigenvalue weighted by molar-refractivity contribution is -0.161. The van der Waals surface area contributed by atoms with Gasteiger partial charge in [0, 0.05) is 19.5 Å². The van der Waals surface area contributed by atoms with Crippen LogP contribution in [0, 0.1) is 5.92 Å². The second-order valence-corrected chi connectivity index (χ2v) is 10.4. The van der Waals surface area contributed by atoms with Gasteiger partial charge in [0.2, 0.25) is 11.8 Å². The highest BCUT2D eigenvalue weighted by atomic mass is 16.6. The summed E-state index contributed by atoms with van der Waals surface area (Å²) in [5.74, 6) is -0.284. The highest BCUT2D eigenvalue weighted by Gasteiger charge is 2.29. The molecule has 1 atom stereocenters. The van der Waals surface area contributed by atoms with Gasteiger partial charge >= 0.3 is 5.97 Å². The fourth-order valence-electron chi connectivity index (χ4n) is 4.67. The van der Waals surface area contributed by atoms with Crippen LogP contribution in [-0.4, -0.2) is 41.9 Å². The third kappa shape index (κ3) is 6.89. The summed E-state index contributed by atoms with van der Waals surface area (Å²) >= 11 is 0. The van der Waals surface area contributed by atoms with Crippen LogP contribution in [0.1, 0.15) is 88.3 Å². The van der Waals surface area contributed by atoms with Gasteiger partial charge in [-0.3, -0.25) is 19.7 Å². The minimum absolute atomic E-state index is 0.00667. The first-order valence-electron chi connectivity index (χ1n) is 12.0. The Hall–Kier alpha value is -2.21. The van der Waals surface area contributed by atoms with Crippen LogP contribution in [0.5, 0.6) is 0 Å². The summed E-state index contributed by atoms with van der Waals surface area (Å²) < 4.78 is 5.34. The van der Waals surface area contributed by atoms with E-state index in [0.717, 1.165) is 37.9 Å². The molecule has 1 aromatic carbocycles. The summed E-state index contributed by atoms with van der Waals surface area (Å²) in [5.41, 5.74) is 3.42. The maximum Gasteiger partial charge on any atom is 0.309 e. The smallest absolute Gasteiger partial charge is 0.309 e. The molecule has 6 nitrogen and oxygen atoms in total. The zero-order valence-corrected chi connectivity index (χ0v) is 20.0. The van der Waals surface area contributed by atoms with E-state index in [4.69, 9.17) is 4.74 Å². The zero-order valence-electron chi connectivity index (χ0n) is 20.0. The predicted molar refractivity (Wildman–Crippen MR) is 124 cm³/mol. The van der Waals surface area contributed by atoms with Gasteiger partial charge in [0.15, 0.2) is 0 Å².